The molecule has 5 nitrogen and oxygen atoms in total. The molecular formula is C11H13ClN2O3. The molecule has 1 aromatic rings. The number of nitro benzene ring substituents is 1. The van der Waals surface area contributed by atoms with Crippen molar-refractivity contribution >= 4 is 23.0 Å². The molecule has 0 amide bonds. The SMILES string of the molecule is O=[N+]([O-])c1ccc(Cl)c(NCC2CCCO2)c1. The van der Waals surface area contributed by atoms with E-state index >= 15 is 0 Å². The molecule has 0 saturated carbocycles. The molecule has 17 heavy (non-hydrogen) atoms. The molecular weight excluding hydrogens is 244 g/mol. The molecule has 0 bridgehead atoms. The number of nitro groups is 1. The summed E-state index contributed by atoms with van der Waals surface area (Å²) in [6.45, 7) is 1.41. The predicted octanol–water partition coefficient (Wildman–Crippen LogP) is 2.84. The maximum absolute atomic E-state index is 10.6. The van der Waals surface area contributed by atoms with Gasteiger partial charge in [0.25, 0.3) is 5.69 Å². The Bertz CT molecular complexity index is 419. The molecule has 1 fully saturated rings. The first-order valence-electron chi connectivity index (χ1n) is 5.46. The van der Waals surface area contributed by atoms with Crippen molar-refractivity contribution in [3.05, 3.63) is 33.3 Å². The number of ether oxygens (including phenoxy) is 1. The fraction of sp³-hybridized carbons (Fsp3) is 0.455. The van der Waals surface area contributed by atoms with Gasteiger partial charge >= 0.3 is 0 Å². The Morgan fingerprint density at radius 1 is 1.59 bits per heavy atom. The Balaban J connectivity index is 2.03. The summed E-state index contributed by atoms with van der Waals surface area (Å²) in [5.74, 6) is 0. The minimum atomic E-state index is -0.437. The van der Waals surface area contributed by atoms with Crippen LogP contribution >= 0.6 is 11.6 Å². The molecule has 6 heteroatoms. The van der Waals surface area contributed by atoms with Crippen LogP contribution < -0.4 is 5.32 Å². The fourth-order valence-corrected chi connectivity index (χ4v) is 1.98. The van der Waals surface area contributed by atoms with Gasteiger partial charge in [0.05, 0.1) is 21.7 Å². The van der Waals surface area contributed by atoms with Gasteiger partial charge in [-0.1, -0.05) is 11.6 Å². The monoisotopic (exact) mass is 256 g/mol. The number of halogens is 1. The average Bonchev–Trinajstić information content (AvgIpc) is 2.80. The second-order valence-corrected chi connectivity index (χ2v) is 4.34. The largest absolute Gasteiger partial charge is 0.381 e. The Morgan fingerprint density at radius 3 is 3.06 bits per heavy atom. The van der Waals surface area contributed by atoms with Crippen molar-refractivity contribution in [3.8, 4) is 0 Å². The van der Waals surface area contributed by atoms with Crippen molar-refractivity contribution in [2.24, 2.45) is 0 Å². The first-order valence-corrected chi connectivity index (χ1v) is 5.84. The second kappa shape index (κ2) is 5.33. The Labute approximate surface area is 104 Å². The van der Waals surface area contributed by atoms with E-state index in [0.29, 0.717) is 17.3 Å². The molecule has 1 aromatic carbocycles. The van der Waals surface area contributed by atoms with E-state index in [1.54, 1.807) is 0 Å². The van der Waals surface area contributed by atoms with E-state index in [0.717, 1.165) is 19.4 Å². The van der Waals surface area contributed by atoms with Crippen molar-refractivity contribution in [2.45, 2.75) is 18.9 Å². The summed E-state index contributed by atoms with van der Waals surface area (Å²) in [7, 11) is 0. The summed E-state index contributed by atoms with van der Waals surface area (Å²) >= 11 is 5.96. The molecule has 1 aliphatic heterocycles. The molecule has 0 aliphatic carbocycles. The molecule has 1 atom stereocenters. The van der Waals surface area contributed by atoms with Crippen LogP contribution in [0.25, 0.3) is 0 Å². The molecule has 0 radical (unpaired) electrons. The van der Waals surface area contributed by atoms with Gasteiger partial charge in [0.15, 0.2) is 0 Å². The van der Waals surface area contributed by atoms with E-state index in [9.17, 15) is 10.1 Å². The third-order valence-corrected chi connectivity index (χ3v) is 3.03. The smallest absolute Gasteiger partial charge is 0.271 e. The van der Waals surface area contributed by atoms with E-state index in [2.05, 4.69) is 5.32 Å². The molecule has 1 saturated heterocycles. The lowest BCUT2D eigenvalue weighted by molar-refractivity contribution is -0.384. The van der Waals surface area contributed by atoms with Gasteiger partial charge in [-0.2, -0.15) is 0 Å². The lowest BCUT2D eigenvalue weighted by atomic mass is 10.2. The van der Waals surface area contributed by atoms with Crippen LogP contribution in [-0.4, -0.2) is 24.2 Å². The highest BCUT2D eigenvalue weighted by Crippen LogP contribution is 2.27. The first kappa shape index (κ1) is 12.1. The van der Waals surface area contributed by atoms with Crippen LogP contribution in [0.5, 0.6) is 0 Å². The van der Waals surface area contributed by atoms with Crippen LogP contribution in [-0.2, 0) is 4.74 Å². The van der Waals surface area contributed by atoms with Crippen molar-refractivity contribution in [2.75, 3.05) is 18.5 Å². The quantitative estimate of drug-likeness (QED) is 0.665. The van der Waals surface area contributed by atoms with Crippen LogP contribution in [0.3, 0.4) is 0 Å². The maximum atomic E-state index is 10.6. The van der Waals surface area contributed by atoms with Gasteiger partial charge in [0, 0.05) is 25.3 Å². The van der Waals surface area contributed by atoms with Crippen molar-refractivity contribution in [3.63, 3.8) is 0 Å². The third kappa shape index (κ3) is 3.08. The Kier molecular flexibility index (Phi) is 3.81. The molecule has 92 valence electrons. The number of nitrogens with one attached hydrogen (secondary N) is 1. The van der Waals surface area contributed by atoms with Crippen molar-refractivity contribution < 1.29 is 9.66 Å². The number of anilines is 1. The summed E-state index contributed by atoms with van der Waals surface area (Å²) in [6.07, 6.45) is 2.25. The topological polar surface area (TPSA) is 64.4 Å². The van der Waals surface area contributed by atoms with Crippen LogP contribution in [0.15, 0.2) is 18.2 Å². The predicted molar refractivity (Wildman–Crippen MR) is 65.6 cm³/mol. The highest BCUT2D eigenvalue weighted by Gasteiger charge is 2.16. The molecule has 0 spiro atoms. The van der Waals surface area contributed by atoms with Crippen LogP contribution in [0.2, 0.25) is 5.02 Å². The van der Waals surface area contributed by atoms with Crippen molar-refractivity contribution in [1.29, 1.82) is 0 Å². The minimum absolute atomic E-state index is 0.0317. The standard InChI is InChI=1S/C11H13ClN2O3/c12-10-4-3-8(14(15)16)6-11(10)13-7-9-2-1-5-17-9/h3-4,6,9,13H,1-2,5,7H2. The highest BCUT2D eigenvalue weighted by molar-refractivity contribution is 6.33. The number of benzene rings is 1. The molecule has 1 aliphatic rings. The fourth-order valence-electron chi connectivity index (χ4n) is 1.79. The number of rotatable bonds is 4. The zero-order valence-corrected chi connectivity index (χ0v) is 9.94. The minimum Gasteiger partial charge on any atom is -0.381 e. The van der Waals surface area contributed by atoms with Gasteiger partial charge < -0.3 is 10.1 Å². The lowest BCUT2D eigenvalue weighted by Gasteiger charge is -2.12. The normalized spacial score (nSPS) is 19.2. The van der Waals surface area contributed by atoms with Gasteiger partial charge in [-0.25, -0.2) is 0 Å². The van der Waals surface area contributed by atoms with E-state index in [4.69, 9.17) is 16.3 Å². The van der Waals surface area contributed by atoms with E-state index in [1.807, 2.05) is 0 Å². The zero-order valence-electron chi connectivity index (χ0n) is 9.19. The number of hydrogen-bond acceptors (Lipinski definition) is 4. The molecule has 1 N–H and O–H groups in total. The number of non-ortho nitro benzene ring substituents is 1. The molecule has 2 rings (SSSR count). The zero-order chi connectivity index (χ0) is 12.3. The molecule has 0 aromatic heterocycles. The van der Waals surface area contributed by atoms with Crippen LogP contribution in [0.4, 0.5) is 11.4 Å². The van der Waals surface area contributed by atoms with Gasteiger partial charge in [0.1, 0.15) is 0 Å². The summed E-state index contributed by atoms with van der Waals surface area (Å²) in [5, 5.41) is 14.2. The van der Waals surface area contributed by atoms with Gasteiger partial charge in [-0.05, 0) is 18.9 Å². The summed E-state index contributed by atoms with van der Waals surface area (Å²) in [5.41, 5.74) is 0.612. The molecule has 1 unspecified atom stereocenters. The summed E-state index contributed by atoms with van der Waals surface area (Å²) < 4.78 is 5.45. The van der Waals surface area contributed by atoms with Gasteiger partial charge in [-0.3, -0.25) is 10.1 Å². The lowest BCUT2D eigenvalue weighted by Crippen LogP contribution is -2.18. The summed E-state index contributed by atoms with van der Waals surface area (Å²) in [4.78, 5) is 10.2. The summed E-state index contributed by atoms with van der Waals surface area (Å²) in [6, 6.07) is 4.36. The highest BCUT2D eigenvalue weighted by atomic mass is 35.5. The third-order valence-electron chi connectivity index (χ3n) is 2.70. The van der Waals surface area contributed by atoms with Crippen LogP contribution in [0.1, 0.15) is 12.8 Å². The van der Waals surface area contributed by atoms with E-state index < -0.39 is 4.92 Å². The second-order valence-electron chi connectivity index (χ2n) is 3.94. The Hall–Kier alpha value is -1.33. The average molecular weight is 257 g/mol. The van der Waals surface area contributed by atoms with E-state index in [1.165, 1.54) is 18.2 Å². The first-order chi connectivity index (χ1) is 8.16. The van der Waals surface area contributed by atoms with Crippen molar-refractivity contribution in [1.82, 2.24) is 0 Å². The van der Waals surface area contributed by atoms with E-state index in [-0.39, 0.29) is 11.8 Å². The molecule has 1 heterocycles. The van der Waals surface area contributed by atoms with Gasteiger partial charge in [-0.15, -0.1) is 0 Å². The van der Waals surface area contributed by atoms with Gasteiger partial charge in [0.2, 0.25) is 0 Å². The maximum Gasteiger partial charge on any atom is 0.271 e. The number of hydrogen-bond donors (Lipinski definition) is 1. The van der Waals surface area contributed by atoms with Crippen LogP contribution in [0, 0.1) is 10.1 Å². The number of nitrogens with zero attached hydrogens (tertiary/aromatic N) is 1. The Morgan fingerprint density at radius 2 is 2.41 bits per heavy atom.